The molecule has 20 heavy (non-hydrogen) atoms. The normalized spacial score (nSPS) is 20.2. The molecule has 0 fully saturated rings. The van der Waals surface area contributed by atoms with E-state index in [0.717, 1.165) is 0 Å². The van der Waals surface area contributed by atoms with E-state index in [1.54, 1.807) is 6.92 Å². The Kier molecular flexibility index (Phi) is 3.99. The highest BCUT2D eigenvalue weighted by Crippen LogP contribution is 2.27. The summed E-state index contributed by atoms with van der Waals surface area (Å²) < 4.78 is 18.2. The maximum atomic E-state index is 13.7. The number of esters is 1. The highest BCUT2D eigenvalue weighted by atomic mass is 35.5. The number of halogens is 2. The lowest BCUT2D eigenvalue weighted by Gasteiger charge is -2.05. The lowest BCUT2D eigenvalue weighted by Crippen LogP contribution is -2.27. The minimum absolute atomic E-state index is 0.00935. The molecular weight excluding hydrogens is 285 g/mol. The van der Waals surface area contributed by atoms with E-state index in [1.807, 2.05) is 0 Å². The standard InChI is InChI=1S/C14H11ClFNO3/c1-7-12(14(19)20-2)13(18)11(17-7)6-8-9(15)4-3-5-10(8)16/h3-6,12H,1-2H3/b11-6-. The summed E-state index contributed by atoms with van der Waals surface area (Å²) in [7, 11) is 1.19. The van der Waals surface area contributed by atoms with Gasteiger partial charge < -0.3 is 4.74 Å². The predicted molar refractivity (Wildman–Crippen MR) is 73.0 cm³/mol. The number of carbonyl (C=O) groups excluding carboxylic acids is 2. The van der Waals surface area contributed by atoms with Crippen LogP contribution < -0.4 is 0 Å². The van der Waals surface area contributed by atoms with Crippen LogP contribution in [0.5, 0.6) is 0 Å². The second-order valence-electron chi connectivity index (χ2n) is 4.24. The van der Waals surface area contributed by atoms with Crippen LogP contribution in [0.4, 0.5) is 4.39 Å². The van der Waals surface area contributed by atoms with Gasteiger partial charge >= 0.3 is 5.97 Å². The number of aliphatic imine (C=N–C) groups is 1. The van der Waals surface area contributed by atoms with Crippen LogP contribution in [0.15, 0.2) is 28.9 Å². The van der Waals surface area contributed by atoms with Crippen molar-refractivity contribution in [2.45, 2.75) is 6.92 Å². The molecule has 1 aromatic rings. The van der Waals surface area contributed by atoms with E-state index < -0.39 is 23.5 Å². The van der Waals surface area contributed by atoms with Crippen LogP contribution >= 0.6 is 11.6 Å². The molecule has 0 aliphatic carbocycles. The van der Waals surface area contributed by atoms with E-state index in [9.17, 15) is 14.0 Å². The van der Waals surface area contributed by atoms with E-state index >= 15 is 0 Å². The summed E-state index contributed by atoms with van der Waals surface area (Å²) in [5, 5.41) is 0.166. The first-order valence-electron chi connectivity index (χ1n) is 5.78. The van der Waals surface area contributed by atoms with Gasteiger partial charge in [0.2, 0.25) is 5.78 Å². The summed E-state index contributed by atoms with van der Waals surface area (Å²) in [6.45, 7) is 1.54. The molecule has 0 N–H and O–H groups in total. The molecule has 1 aliphatic rings. The molecule has 0 bridgehead atoms. The maximum Gasteiger partial charge on any atom is 0.322 e. The summed E-state index contributed by atoms with van der Waals surface area (Å²) >= 11 is 5.88. The zero-order valence-electron chi connectivity index (χ0n) is 10.8. The summed E-state index contributed by atoms with van der Waals surface area (Å²) in [6, 6.07) is 4.19. The fraction of sp³-hybridized carbons (Fsp3) is 0.214. The van der Waals surface area contributed by atoms with Crippen molar-refractivity contribution in [3.63, 3.8) is 0 Å². The third kappa shape index (κ3) is 2.49. The molecule has 6 heteroatoms. The molecule has 0 amide bonds. The van der Waals surface area contributed by atoms with Gasteiger partial charge in [-0.3, -0.25) is 14.6 Å². The van der Waals surface area contributed by atoms with Gasteiger partial charge in [0, 0.05) is 11.3 Å². The Morgan fingerprint density at radius 2 is 2.20 bits per heavy atom. The first-order valence-corrected chi connectivity index (χ1v) is 6.16. The average molecular weight is 296 g/mol. The Morgan fingerprint density at radius 3 is 2.80 bits per heavy atom. The fourth-order valence-corrected chi connectivity index (χ4v) is 2.15. The number of ether oxygens (including phenoxy) is 1. The zero-order chi connectivity index (χ0) is 14.9. The number of hydrogen-bond donors (Lipinski definition) is 0. The summed E-state index contributed by atoms with van der Waals surface area (Å²) in [5.41, 5.74) is 0.380. The maximum absolute atomic E-state index is 13.7. The first kappa shape index (κ1) is 14.4. The molecule has 2 rings (SSSR count). The van der Waals surface area contributed by atoms with Crippen LogP contribution in [0.2, 0.25) is 5.02 Å². The number of carbonyl (C=O) groups is 2. The van der Waals surface area contributed by atoms with Crippen molar-refractivity contribution in [2.24, 2.45) is 10.9 Å². The van der Waals surface area contributed by atoms with Gasteiger partial charge in [0.05, 0.1) is 12.1 Å². The van der Waals surface area contributed by atoms with Crippen molar-refractivity contribution < 1.29 is 18.7 Å². The summed E-state index contributed by atoms with van der Waals surface area (Å²) in [6.07, 6.45) is 1.24. The molecular formula is C14H11ClFNO3. The second-order valence-corrected chi connectivity index (χ2v) is 4.65. The van der Waals surface area contributed by atoms with Crippen LogP contribution in [0.25, 0.3) is 6.08 Å². The monoisotopic (exact) mass is 295 g/mol. The van der Waals surface area contributed by atoms with Crippen LogP contribution in [0.1, 0.15) is 12.5 Å². The quantitative estimate of drug-likeness (QED) is 0.479. The topological polar surface area (TPSA) is 55.7 Å². The number of methoxy groups -OCH3 is 1. The molecule has 104 valence electrons. The Morgan fingerprint density at radius 1 is 1.50 bits per heavy atom. The van der Waals surface area contributed by atoms with Gasteiger partial charge in [-0.2, -0.15) is 0 Å². The third-order valence-corrected chi connectivity index (χ3v) is 3.28. The predicted octanol–water partition coefficient (Wildman–Crippen LogP) is 2.65. The Bertz CT molecular complexity index is 632. The largest absolute Gasteiger partial charge is 0.468 e. The van der Waals surface area contributed by atoms with Crippen LogP contribution in [-0.4, -0.2) is 24.6 Å². The zero-order valence-corrected chi connectivity index (χ0v) is 11.6. The van der Waals surface area contributed by atoms with Gasteiger partial charge in [0.1, 0.15) is 11.5 Å². The van der Waals surface area contributed by atoms with E-state index in [1.165, 1.54) is 31.4 Å². The van der Waals surface area contributed by atoms with Crippen LogP contribution in [0, 0.1) is 11.7 Å². The van der Waals surface area contributed by atoms with Gasteiger partial charge in [-0.05, 0) is 25.1 Å². The number of Topliss-reactive ketones (excluding diaryl/α,β-unsaturated/α-hetero) is 1. The van der Waals surface area contributed by atoms with E-state index in [-0.39, 0.29) is 16.3 Å². The van der Waals surface area contributed by atoms with Crippen molar-refractivity contribution >= 4 is 35.1 Å². The van der Waals surface area contributed by atoms with Gasteiger partial charge in [0.25, 0.3) is 0 Å². The molecule has 4 nitrogen and oxygen atoms in total. The minimum Gasteiger partial charge on any atom is -0.468 e. The number of allylic oxidation sites excluding steroid dienone is 1. The Hall–Kier alpha value is -2.01. The molecule has 1 atom stereocenters. The highest BCUT2D eigenvalue weighted by molar-refractivity contribution is 6.33. The van der Waals surface area contributed by atoms with Crippen molar-refractivity contribution in [2.75, 3.05) is 7.11 Å². The average Bonchev–Trinajstić information content (AvgIpc) is 2.68. The lowest BCUT2D eigenvalue weighted by molar-refractivity contribution is -0.145. The number of ketones is 1. The van der Waals surface area contributed by atoms with Crippen LogP contribution in [-0.2, 0) is 14.3 Å². The third-order valence-electron chi connectivity index (χ3n) is 2.95. The van der Waals surface area contributed by atoms with Crippen LogP contribution in [0.3, 0.4) is 0 Å². The number of nitrogens with zero attached hydrogens (tertiary/aromatic N) is 1. The Labute approximate surface area is 119 Å². The highest BCUT2D eigenvalue weighted by Gasteiger charge is 2.37. The first-order chi connectivity index (χ1) is 9.45. The molecule has 1 heterocycles. The SMILES string of the molecule is COC(=O)C1C(=O)/C(=C/c2c(F)cccc2Cl)N=C1C. The molecule has 0 radical (unpaired) electrons. The Balaban J connectivity index is 2.43. The number of rotatable bonds is 2. The second kappa shape index (κ2) is 5.54. The van der Waals surface area contributed by atoms with Gasteiger partial charge in [-0.1, -0.05) is 17.7 Å². The van der Waals surface area contributed by atoms with Crippen molar-refractivity contribution in [1.29, 1.82) is 0 Å². The van der Waals surface area contributed by atoms with Gasteiger partial charge in [-0.25, -0.2) is 4.39 Å². The number of hydrogen-bond acceptors (Lipinski definition) is 4. The van der Waals surface area contributed by atoms with E-state index in [4.69, 9.17) is 11.6 Å². The number of benzene rings is 1. The minimum atomic E-state index is -1.06. The fourth-order valence-electron chi connectivity index (χ4n) is 1.93. The van der Waals surface area contributed by atoms with Crippen molar-refractivity contribution in [1.82, 2.24) is 0 Å². The van der Waals surface area contributed by atoms with Crippen molar-refractivity contribution in [3.05, 3.63) is 40.3 Å². The van der Waals surface area contributed by atoms with Gasteiger partial charge in [0.15, 0.2) is 5.92 Å². The molecule has 0 saturated carbocycles. The molecule has 0 saturated heterocycles. The summed E-state index contributed by atoms with van der Waals surface area (Å²) in [4.78, 5) is 27.6. The smallest absolute Gasteiger partial charge is 0.322 e. The van der Waals surface area contributed by atoms with E-state index in [2.05, 4.69) is 9.73 Å². The molecule has 0 spiro atoms. The summed E-state index contributed by atoms with van der Waals surface area (Å²) in [5.74, 6) is -2.82. The van der Waals surface area contributed by atoms with E-state index in [0.29, 0.717) is 5.71 Å². The van der Waals surface area contributed by atoms with Crippen molar-refractivity contribution in [3.8, 4) is 0 Å². The molecule has 1 unspecified atom stereocenters. The molecule has 1 aliphatic heterocycles. The lowest BCUT2D eigenvalue weighted by atomic mass is 10.0. The molecule has 1 aromatic carbocycles. The molecule has 0 aromatic heterocycles. The van der Waals surface area contributed by atoms with Gasteiger partial charge in [-0.15, -0.1) is 0 Å².